The predicted octanol–water partition coefficient (Wildman–Crippen LogP) is 5.14. The molecule has 0 aromatic heterocycles. The fourth-order valence-electron chi connectivity index (χ4n) is 3.30. The van der Waals surface area contributed by atoms with Crippen LogP contribution in [0.15, 0.2) is 60.7 Å². The number of carbonyl (C=O) groups is 1. The van der Waals surface area contributed by atoms with Crippen molar-refractivity contribution in [2.75, 3.05) is 18.0 Å². The Morgan fingerprint density at radius 1 is 1.08 bits per heavy atom. The van der Waals surface area contributed by atoms with Gasteiger partial charge in [-0.1, -0.05) is 42.5 Å². The summed E-state index contributed by atoms with van der Waals surface area (Å²) in [4.78, 5) is 13.4. The van der Waals surface area contributed by atoms with E-state index in [1.54, 1.807) is 6.07 Å². The number of benzene rings is 3. The van der Waals surface area contributed by atoms with E-state index >= 15 is 0 Å². The van der Waals surface area contributed by atoms with Crippen molar-refractivity contribution >= 4 is 22.4 Å². The second kappa shape index (κ2) is 8.00. The lowest BCUT2D eigenvalue weighted by molar-refractivity contribution is 0.0691. The summed E-state index contributed by atoms with van der Waals surface area (Å²) < 4.78 is 13.5. The van der Waals surface area contributed by atoms with Crippen LogP contribution in [0.5, 0.6) is 0 Å². The molecular formula is C22H22FNO2. The first-order valence-electron chi connectivity index (χ1n) is 8.84. The first-order valence-corrected chi connectivity index (χ1v) is 8.84. The zero-order chi connectivity index (χ0) is 18.5. The van der Waals surface area contributed by atoms with Gasteiger partial charge in [-0.05, 0) is 48.9 Å². The smallest absolute Gasteiger partial charge is 0.338 e. The lowest BCUT2D eigenvalue weighted by Crippen LogP contribution is -2.24. The summed E-state index contributed by atoms with van der Waals surface area (Å²) in [7, 11) is 0. The molecule has 0 radical (unpaired) electrons. The van der Waals surface area contributed by atoms with E-state index in [9.17, 15) is 9.18 Å². The molecule has 0 aliphatic heterocycles. The van der Waals surface area contributed by atoms with Crippen molar-refractivity contribution in [3.8, 4) is 0 Å². The number of nitrogens with zero attached hydrogens (tertiary/aromatic N) is 1. The van der Waals surface area contributed by atoms with Gasteiger partial charge in [-0.25, -0.2) is 9.18 Å². The third kappa shape index (κ3) is 3.85. The van der Waals surface area contributed by atoms with Gasteiger partial charge in [-0.15, -0.1) is 0 Å². The van der Waals surface area contributed by atoms with Crippen LogP contribution in [0.25, 0.3) is 10.8 Å². The highest BCUT2D eigenvalue weighted by atomic mass is 19.1. The topological polar surface area (TPSA) is 40.5 Å². The highest BCUT2D eigenvalue weighted by Gasteiger charge is 2.12. The van der Waals surface area contributed by atoms with Gasteiger partial charge in [-0.2, -0.15) is 0 Å². The molecule has 26 heavy (non-hydrogen) atoms. The fraction of sp³-hybridized carbons (Fsp3) is 0.227. The van der Waals surface area contributed by atoms with E-state index < -0.39 is 11.8 Å². The number of hydrogen-bond donors (Lipinski definition) is 1. The summed E-state index contributed by atoms with van der Waals surface area (Å²) in [6.07, 6.45) is 1.57. The van der Waals surface area contributed by atoms with Crippen LogP contribution in [0.1, 0.15) is 29.3 Å². The first kappa shape index (κ1) is 17.9. The van der Waals surface area contributed by atoms with Crippen LogP contribution in [-0.2, 0) is 6.42 Å². The predicted molar refractivity (Wildman–Crippen MR) is 104 cm³/mol. The van der Waals surface area contributed by atoms with Gasteiger partial charge in [0.25, 0.3) is 0 Å². The summed E-state index contributed by atoms with van der Waals surface area (Å²) >= 11 is 0. The molecule has 3 aromatic rings. The molecule has 3 aromatic carbocycles. The highest BCUT2D eigenvalue weighted by Crippen LogP contribution is 2.27. The number of carboxylic acids is 1. The lowest BCUT2D eigenvalue weighted by Gasteiger charge is -2.25. The van der Waals surface area contributed by atoms with Gasteiger partial charge >= 0.3 is 5.97 Å². The maximum absolute atomic E-state index is 13.5. The Balaban J connectivity index is 1.72. The summed E-state index contributed by atoms with van der Waals surface area (Å²) in [6.45, 7) is 3.87. The molecule has 0 amide bonds. The minimum atomic E-state index is -1.23. The third-order valence-electron chi connectivity index (χ3n) is 4.64. The fourth-order valence-corrected chi connectivity index (χ4v) is 3.30. The van der Waals surface area contributed by atoms with Crippen LogP contribution < -0.4 is 4.90 Å². The molecule has 0 aliphatic rings. The average Bonchev–Trinajstić information content (AvgIpc) is 2.66. The zero-order valence-electron chi connectivity index (χ0n) is 14.8. The molecule has 0 saturated heterocycles. The number of anilines is 1. The third-order valence-corrected chi connectivity index (χ3v) is 4.64. The first-order chi connectivity index (χ1) is 12.6. The van der Waals surface area contributed by atoms with Gasteiger partial charge in [0.2, 0.25) is 0 Å². The number of rotatable bonds is 7. The largest absolute Gasteiger partial charge is 0.478 e. The van der Waals surface area contributed by atoms with Crippen molar-refractivity contribution in [3.05, 3.63) is 77.6 Å². The number of hydrogen-bond acceptors (Lipinski definition) is 2. The Morgan fingerprint density at radius 3 is 2.62 bits per heavy atom. The molecule has 3 rings (SSSR count). The number of carboxylic acid groups (broad SMARTS) is 1. The van der Waals surface area contributed by atoms with Crippen molar-refractivity contribution in [2.45, 2.75) is 19.8 Å². The van der Waals surface area contributed by atoms with Crippen molar-refractivity contribution < 1.29 is 14.3 Å². The molecule has 0 heterocycles. The number of aromatic carboxylic acids is 1. The number of halogens is 1. The molecule has 0 bridgehead atoms. The summed E-state index contributed by atoms with van der Waals surface area (Å²) in [5.41, 5.74) is 1.79. The monoisotopic (exact) mass is 351 g/mol. The maximum atomic E-state index is 13.5. The van der Waals surface area contributed by atoms with E-state index in [-0.39, 0.29) is 5.56 Å². The van der Waals surface area contributed by atoms with Crippen LogP contribution in [0.2, 0.25) is 0 Å². The Hall–Kier alpha value is -2.88. The van der Waals surface area contributed by atoms with Crippen molar-refractivity contribution in [3.63, 3.8) is 0 Å². The minimum Gasteiger partial charge on any atom is -0.478 e. The quantitative estimate of drug-likeness (QED) is 0.641. The van der Waals surface area contributed by atoms with Crippen LogP contribution in [-0.4, -0.2) is 24.2 Å². The molecule has 0 atom stereocenters. The maximum Gasteiger partial charge on any atom is 0.338 e. The van der Waals surface area contributed by atoms with Gasteiger partial charge in [0, 0.05) is 24.2 Å². The minimum absolute atomic E-state index is 0.260. The van der Waals surface area contributed by atoms with E-state index in [1.807, 2.05) is 12.1 Å². The Bertz CT molecular complexity index is 918. The van der Waals surface area contributed by atoms with E-state index in [4.69, 9.17) is 5.11 Å². The van der Waals surface area contributed by atoms with Crippen LogP contribution in [0.3, 0.4) is 0 Å². The van der Waals surface area contributed by atoms with Gasteiger partial charge < -0.3 is 10.0 Å². The van der Waals surface area contributed by atoms with E-state index in [1.165, 1.54) is 28.6 Å². The van der Waals surface area contributed by atoms with Crippen LogP contribution in [0.4, 0.5) is 10.1 Å². The average molecular weight is 351 g/mol. The molecule has 0 fully saturated rings. The molecule has 4 heteroatoms. The molecule has 1 N–H and O–H groups in total. The van der Waals surface area contributed by atoms with Crippen molar-refractivity contribution in [1.29, 1.82) is 0 Å². The van der Waals surface area contributed by atoms with E-state index in [2.05, 4.69) is 42.2 Å². The van der Waals surface area contributed by atoms with Gasteiger partial charge in [0.05, 0.1) is 5.56 Å². The van der Waals surface area contributed by atoms with Gasteiger partial charge in [0.1, 0.15) is 5.82 Å². The zero-order valence-corrected chi connectivity index (χ0v) is 14.8. The Kier molecular flexibility index (Phi) is 5.52. The van der Waals surface area contributed by atoms with Crippen molar-refractivity contribution in [1.82, 2.24) is 0 Å². The van der Waals surface area contributed by atoms with Crippen LogP contribution >= 0.6 is 0 Å². The molecular weight excluding hydrogens is 329 g/mol. The number of fused-ring (bicyclic) bond motifs is 1. The lowest BCUT2D eigenvalue weighted by atomic mass is 10.0. The molecule has 3 nitrogen and oxygen atoms in total. The second-order valence-corrected chi connectivity index (χ2v) is 6.30. The Labute approximate surface area is 152 Å². The summed E-state index contributed by atoms with van der Waals surface area (Å²) in [6, 6.07) is 19.0. The van der Waals surface area contributed by atoms with Gasteiger partial charge in [0.15, 0.2) is 0 Å². The normalized spacial score (nSPS) is 10.8. The SMILES string of the molecule is CCN(CCCc1ccc(F)c(C(=O)O)c1)c1cccc2ccccc12. The summed E-state index contributed by atoms with van der Waals surface area (Å²) in [5, 5.41) is 11.5. The van der Waals surface area contributed by atoms with Crippen LogP contribution in [0, 0.1) is 5.82 Å². The van der Waals surface area contributed by atoms with Crippen molar-refractivity contribution in [2.24, 2.45) is 0 Å². The second-order valence-electron chi connectivity index (χ2n) is 6.30. The molecule has 0 saturated carbocycles. The highest BCUT2D eigenvalue weighted by molar-refractivity contribution is 5.94. The molecule has 0 spiro atoms. The van der Waals surface area contributed by atoms with E-state index in [0.717, 1.165) is 25.1 Å². The standard InChI is InChI=1S/C22H22FNO2/c1-2-24(21-11-5-9-17-8-3-4-10-18(17)21)14-6-7-16-12-13-20(23)19(15-16)22(25)26/h3-5,8-13,15H,2,6-7,14H2,1H3,(H,25,26). The molecule has 0 aliphatic carbocycles. The van der Waals surface area contributed by atoms with Gasteiger partial charge in [-0.3, -0.25) is 0 Å². The molecule has 0 unspecified atom stereocenters. The molecule has 134 valence electrons. The number of aryl methyl sites for hydroxylation is 1. The van der Waals surface area contributed by atoms with E-state index in [0.29, 0.717) is 6.42 Å². The Morgan fingerprint density at radius 2 is 1.85 bits per heavy atom. The summed E-state index contributed by atoms with van der Waals surface area (Å²) in [5.74, 6) is -1.91.